The predicted octanol–water partition coefficient (Wildman–Crippen LogP) is 3.90. The van der Waals surface area contributed by atoms with Crippen molar-refractivity contribution in [3.05, 3.63) is 59.9 Å². The van der Waals surface area contributed by atoms with E-state index in [0.717, 1.165) is 12.3 Å². The Bertz CT molecular complexity index is 1480. The number of nitrogens with zero attached hydrogens (tertiary/aromatic N) is 5. The minimum atomic E-state index is -4.46. The number of benzene rings is 1. The van der Waals surface area contributed by atoms with Gasteiger partial charge in [-0.1, -0.05) is 0 Å². The molecule has 3 heterocycles. The molecule has 1 aliphatic rings. The summed E-state index contributed by atoms with van der Waals surface area (Å²) in [5, 5.41) is 9.79. The third-order valence-electron chi connectivity index (χ3n) is 6.09. The van der Waals surface area contributed by atoms with Crippen LogP contribution in [0.25, 0.3) is 0 Å². The molecule has 0 unspecified atom stereocenters. The smallest absolute Gasteiger partial charge is 0.417 e. The molecule has 1 N–H and O–H groups in total. The van der Waals surface area contributed by atoms with Crippen LogP contribution in [0.15, 0.2) is 53.7 Å². The normalized spacial score (nSPS) is 14.4. The average molecular weight is 563 g/mol. The summed E-state index contributed by atoms with van der Waals surface area (Å²) in [5.41, 5.74) is -0.564. The molecule has 0 amide bonds. The van der Waals surface area contributed by atoms with E-state index in [4.69, 9.17) is 9.47 Å². The molecule has 0 saturated carbocycles. The number of rotatable bonds is 7. The quantitative estimate of drug-likeness (QED) is 0.457. The largest absolute Gasteiger partial charge is 0.497 e. The summed E-state index contributed by atoms with van der Waals surface area (Å²) in [6, 6.07) is 10.2. The minimum absolute atomic E-state index is 0.0885. The van der Waals surface area contributed by atoms with Crippen molar-refractivity contribution in [1.82, 2.24) is 9.97 Å². The summed E-state index contributed by atoms with van der Waals surface area (Å²) in [5.74, 6) is 1.24. The molecule has 0 atom stereocenters. The van der Waals surface area contributed by atoms with Crippen LogP contribution in [0.4, 0.5) is 30.5 Å². The molecule has 3 aromatic rings. The predicted molar refractivity (Wildman–Crippen MR) is 138 cm³/mol. The lowest BCUT2D eigenvalue weighted by Crippen LogP contribution is -2.32. The summed E-state index contributed by atoms with van der Waals surface area (Å²) in [4.78, 5) is 12.0. The molecule has 206 valence electrons. The van der Waals surface area contributed by atoms with Crippen LogP contribution in [0.2, 0.25) is 0 Å². The maximum absolute atomic E-state index is 13.1. The molecule has 1 saturated heterocycles. The van der Waals surface area contributed by atoms with Gasteiger partial charge in [0.15, 0.2) is 0 Å². The lowest BCUT2D eigenvalue weighted by Gasteiger charge is -2.24. The van der Waals surface area contributed by atoms with E-state index in [1.807, 2.05) is 9.80 Å². The number of ether oxygens (including phenoxy) is 2. The van der Waals surface area contributed by atoms with Crippen molar-refractivity contribution in [2.45, 2.75) is 17.5 Å². The number of anilines is 3. The zero-order valence-electron chi connectivity index (χ0n) is 21.1. The zero-order chi connectivity index (χ0) is 28.2. The highest BCUT2D eigenvalue weighted by Gasteiger charge is 2.31. The molecule has 1 aromatic carbocycles. The van der Waals surface area contributed by atoms with E-state index in [0.29, 0.717) is 50.0 Å². The van der Waals surface area contributed by atoms with Gasteiger partial charge in [0, 0.05) is 38.4 Å². The number of alkyl halides is 3. The Balaban J connectivity index is 1.51. The van der Waals surface area contributed by atoms with Crippen LogP contribution < -0.4 is 24.0 Å². The number of hydrogen-bond acceptors (Lipinski definition) is 9. The van der Waals surface area contributed by atoms with Crippen LogP contribution >= 0.6 is 0 Å². The number of sulfonamides is 1. The Kier molecular flexibility index (Phi) is 8.01. The van der Waals surface area contributed by atoms with E-state index >= 15 is 0 Å². The molecule has 4 rings (SSSR count). The summed E-state index contributed by atoms with van der Waals surface area (Å²) in [6.45, 7) is 1.95. The first-order valence-electron chi connectivity index (χ1n) is 11.7. The van der Waals surface area contributed by atoms with Crippen LogP contribution in [0, 0.1) is 11.3 Å². The van der Waals surface area contributed by atoms with Crippen molar-refractivity contribution in [2.75, 3.05) is 54.9 Å². The molecule has 0 radical (unpaired) electrons. The van der Waals surface area contributed by atoms with E-state index in [2.05, 4.69) is 20.8 Å². The SMILES string of the molecule is COc1ccc(OC)c(S(=O)(=O)Nc2cnc(N3CCCN(c4ccc(C(F)(F)F)cn4)CC3)c(C#N)c2)c1. The van der Waals surface area contributed by atoms with Crippen molar-refractivity contribution in [3.63, 3.8) is 0 Å². The second kappa shape index (κ2) is 11.2. The molecular formula is C25H25F3N6O4S. The van der Waals surface area contributed by atoms with Gasteiger partial charge in [-0.3, -0.25) is 4.72 Å². The maximum Gasteiger partial charge on any atom is 0.417 e. The average Bonchev–Trinajstić information content (AvgIpc) is 3.18. The summed E-state index contributed by atoms with van der Waals surface area (Å²) < 4.78 is 77.5. The second-order valence-corrected chi connectivity index (χ2v) is 10.2. The van der Waals surface area contributed by atoms with Crippen molar-refractivity contribution in [3.8, 4) is 17.6 Å². The molecule has 14 heteroatoms. The summed E-state index contributed by atoms with van der Waals surface area (Å²) in [7, 11) is -1.35. The maximum atomic E-state index is 13.1. The number of hydrogen-bond donors (Lipinski definition) is 1. The highest BCUT2D eigenvalue weighted by Crippen LogP contribution is 2.32. The lowest BCUT2D eigenvalue weighted by molar-refractivity contribution is -0.137. The van der Waals surface area contributed by atoms with Crippen molar-refractivity contribution >= 4 is 27.3 Å². The molecule has 1 aliphatic heterocycles. The fourth-order valence-electron chi connectivity index (χ4n) is 4.15. The first-order valence-corrected chi connectivity index (χ1v) is 13.2. The topological polar surface area (TPSA) is 121 Å². The van der Waals surface area contributed by atoms with Gasteiger partial charge in [0.25, 0.3) is 10.0 Å². The molecule has 0 spiro atoms. The fraction of sp³-hybridized carbons (Fsp3) is 0.320. The zero-order valence-corrected chi connectivity index (χ0v) is 21.9. The Morgan fingerprint density at radius 1 is 0.974 bits per heavy atom. The van der Waals surface area contributed by atoms with E-state index in [1.165, 1.54) is 44.7 Å². The number of pyridine rings is 2. The number of aromatic nitrogens is 2. The first kappa shape index (κ1) is 27.8. The standard InChI is InChI=1S/C25H25F3N6O4S/c1-37-20-5-6-21(38-2)22(13-20)39(35,36)32-19-12-17(14-29)24(31-16-19)34-9-3-8-33(10-11-34)23-7-4-18(15-30-23)25(26,27)28/h4-7,12-13,15-16,32H,3,8-11H2,1-2H3. The number of methoxy groups -OCH3 is 2. The van der Waals surface area contributed by atoms with Crippen LogP contribution in [0.1, 0.15) is 17.5 Å². The Hall–Kier alpha value is -4.25. The number of halogens is 3. The van der Waals surface area contributed by atoms with Gasteiger partial charge >= 0.3 is 6.18 Å². The van der Waals surface area contributed by atoms with Gasteiger partial charge in [-0.2, -0.15) is 18.4 Å². The van der Waals surface area contributed by atoms with Gasteiger partial charge in [0.05, 0.1) is 37.2 Å². The molecule has 0 aliphatic carbocycles. The van der Waals surface area contributed by atoms with Gasteiger partial charge in [-0.25, -0.2) is 18.4 Å². The Morgan fingerprint density at radius 2 is 1.72 bits per heavy atom. The second-order valence-electron chi connectivity index (χ2n) is 8.56. The summed E-state index contributed by atoms with van der Waals surface area (Å²) >= 11 is 0. The van der Waals surface area contributed by atoms with E-state index in [9.17, 15) is 26.9 Å². The van der Waals surface area contributed by atoms with E-state index in [-0.39, 0.29) is 21.9 Å². The number of nitrogens with one attached hydrogen (secondary N) is 1. The highest BCUT2D eigenvalue weighted by molar-refractivity contribution is 7.92. The number of nitriles is 1. The molecule has 39 heavy (non-hydrogen) atoms. The Labute approximate surface area is 223 Å². The summed E-state index contributed by atoms with van der Waals surface area (Å²) in [6.07, 6.45) is -1.69. The van der Waals surface area contributed by atoms with Crippen molar-refractivity contribution in [2.24, 2.45) is 0 Å². The van der Waals surface area contributed by atoms with Crippen LogP contribution in [0.3, 0.4) is 0 Å². The molecule has 0 bridgehead atoms. The van der Waals surface area contributed by atoms with Crippen molar-refractivity contribution < 1.29 is 31.1 Å². The highest BCUT2D eigenvalue weighted by atomic mass is 32.2. The van der Waals surface area contributed by atoms with Gasteiger partial charge in [-0.15, -0.1) is 0 Å². The van der Waals surface area contributed by atoms with Gasteiger partial charge < -0.3 is 19.3 Å². The Morgan fingerprint density at radius 3 is 2.36 bits per heavy atom. The lowest BCUT2D eigenvalue weighted by atomic mass is 10.2. The minimum Gasteiger partial charge on any atom is -0.497 e. The third-order valence-corrected chi connectivity index (χ3v) is 7.50. The molecular weight excluding hydrogens is 537 g/mol. The molecule has 2 aromatic heterocycles. The van der Waals surface area contributed by atoms with E-state index < -0.39 is 21.8 Å². The third kappa shape index (κ3) is 6.26. The fourth-order valence-corrected chi connectivity index (χ4v) is 5.37. The van der Waals surface area contributed by atoms with Crippen LogP contribution in [0.5, 0.6) is 11.5 Å². The van der Waals surface area contributed by atoms with Crippen LogP contribution in [-0.2, 0) is 16.2 Å². The van der Waals surface area contributed by atoms with Crippen LogP contribution in [-0.4, -0.2) is 58.8 Å². The van der Waals surface area contributed by atoms with Gasteiger partial charge in [0.2, 0.25) is 0 Å². The molecule has 10 nitrogen and oxygen atoms in total. The first-order chi connectivity index (χ1) is 18.6. The molecule has 1 fully saturated rings. The van der Waals surface area contributed by atoms with E-state index in [1.54, 1.807) is 6.07 Å². The van der Waals surface area contributed by atoms with Gasteiger partial charge in [-0.05, 0) is 36.8 Å². The van der Waals surface area contributed by atoms with Crippen molar-refractivity contribution in [1.29, 1.82) is 5.26 Å². The van der Waals surface area contributed by atoms with Gasteiger partial charge in [0.1, 0.15) is 34.1 Å². The monoisotopic (exact) mass is 562 g/mol.